The Morgan fingerprint density at radius 2 is 1.34 bits per heavy atom. The zero-order valence-electron chi connectivity index (χ0n) is 28.2. The molecular formula is C43H44Cl2OZr. The summed E-state index contributed by atoms with van der Waals surface area (Å²) in [6.45, 7) is 13.6. The van der Waals surface area contributed by atoms with Crippen LogP contribution in [-0.4, -0.2) is 3.21 Å². The van der Waals surface area contributed by atoms with Crippen molar-refractivity contribution in [3.05, 3.63) is 173 Å². The van der Waals surface area contributed by atoms with Crippen LogP contribution in [0, 0.1) is 12.1 Å². The van der Waals surface area contributed by atoms with Gasteiger partial charge in [0.25, 0.3) is 0 Å². The van der Waals surface area contributed by atoms with Crippen LogP contribution >= 0.6 is 24.8 Å². The van der Waals surface area contributed by atoms with Crippen LogP contribution in [0.1, 0.15) is 86.9 Å². The first-order valence-electron chi connectivity index (χ1n) is 15.7. The van der Waals surface area contributed by atoms with Crippen LogP contribution in [0.25, 0.3) is 16.7 Å². The van der Waals surface area contributed by atoms with Gasteiger partial charge in [-0.2, -0.15) is 41.5 Å². The predicted octanol–water partition coefficient (Wildman–Crippen LogP) is 11.7. The number of allylic oxidation sites excluding steroid dienone is 4. The monoisotopic (exact) mass is 736 g/mol. The second-order valence-electron chi connectivity index (χ2n) is 13.6. The molecule has 0 spiro atoms. The Bertz CT molecular complexity index is 1700. The fourth-order valence-electron chi connectivity index (χ4n) is 5.42. The third-order valence-electron chi connectivity index (χ3n) is 8.12. The van der Waals surface area contributed by atoms with E-state index in [1.54, 1.807) is 12.5 Å². The van der Waals surface area contributed by atoms with Crippen LogP contribution in [0.5, 0.6) is 0 Å². The Morgan fingerprint density at radius 3 is 1.85 bits per heavy atom. The summed E-state index contributed by atoms with van der Waals surface area (Å²) in [4.78, 5) is 0. The van der Waals surface area contributed by atoms with Gasteiger partial charge in [-0.3, -0.25) is 0 Å². The molecule has 0 saturated carbocycles. The molecule has 1 heterocycles. The van der Waals surface area contributed by atoms with Crippen LogP contribution in [0.4, 0.5) is 0 Å². The number of fused-ring (bicyclic) bond motifs is 3. The van der Waals surface area contributed by atoms with Gasteiger partial charge in [-0.05, 0) is 28.4 Å². The van der Waals surface area contributed by atoms with Gasteiger partial charge in [0.2, 0.25) is 0 Å². The van der Waals surface area contributed by atoms with E-state index in [1.807, 2.05) is 6.07 Å². The van der Waals surface area contributed by atoms with Crippen molar-refractivity contribution in [1.29, 1.82) is 0 Å². The van der Waals surface area contributed by atoms with Crippen molar-refractivity contribution in [1.82, 2.24) is 0 Å². The van der Waals surface area contributed by atoms with E-state index in [9.17, 15) is 0 Å². The van der Waals surface area contributed by atoms with Crippen molar-refractivity contribution >= 4 is 33.6 Å². The molecule has 1 aromatic heterocycles. The summed E-state index contributed by atoms with van der Waals surface area (Å²) in [7, 11) is 0. The minimum absolute atomic E-state index is 0. The first-order chi connectivity index (χ1) is 21.5. The second-order valence-corrected chi connectivity index (χ2v) is 14.9. The SMILES string of the molecule is CC(C)(C)c1[c-]c2c(cc1)-c1ccc(C(C)(C)C)cc1C2.Cl.Cl.[C-]1=C(c2ccoc2)C=CC1.[Zr+2]=[C](c1ccccc1)c1ccccc1. The topological polar surface area (TPSA) is 13.1 Å². The molecule has 4 heteroatoms. The van der Waals surface area contributed by atoms with Crippen LogP contribution in [0.3, 0.4) is 0 Å². The molecule has 2 aliphatic rings. The number of rotatable bonds is 3. The molecule has 0 radical (unpaired) electrons. The van der Waals surface area contributed by atoms with Gasteiger partial charge in [0.15, 0.2) is 0 Å². The van der Waals surface area contributed by atoms with Crippen LogP contribution in [0.2, 0.25) is 0 Å². The molecule has 0 aliphatic heterocycles. The summed E-state index contributed by atoms with van der Waals surface area (Å²) in [5.41, 5.74) is 13.6. The van der Waals surface area contributed by atoms with Gasteiger partial charge in [0, 0.05) is 6.26 Å². The molecule has 47 heavy (non-hydrogen) atoms. The number of halogens is 2. The number of benzene rings is 4. The minimum atomic E-state index is 0. The molecule has 0 amide bonds. The second kappa shape index (κ2) is 16.9. The molecule has 0 bridgehead atoms. The van der Waals surface area contributed by atoms with Gasteiger partial charge in [-0.1, -0.05) is 83.4 Å². The van der Waals surface area contributed by atoms with E-state index in [1.165, 1.54) is 71.9 Å². The Labute approximate surface area is 309 Å². The quantitative estimate of drug-likeness (QED) is 0.165. The number of hydrogen-bond donors (Lipinski definition) is 0. The zero-order chi connectivity index (χ0) is 32.0. The van der Waals surface area contributed by atoms with Crippen molar-refractivity contribution in [2.45, 2.75) is 65.2 Å². The van der Waals surface area contributed by atoms with E-state index >= 15 is 0 Å². The van der Waals surface area contributed by atoms with Crippen molar-refractivity contribution in [3.8, 4) is 11.1 Å². The first-order valence-corrected chi connectivity index (χ1v) is 16.9. The Kier molecular flexibility index (Phi) is 13.8. The fraction of sp³-hybridized carbons (Fsp3) is 0.233. The molecule has 0 fully saturated rings. The molecule has 1 nitrogen and oxygen atoms in total. The summed E-state index contributed by atoms with van der Waals surface area (Å²) in [6.07, 6.45) is 12.7. The third kappa shape index (κ3) is 9.99. The van der Waals surface area contributed by atoms with Gasteiger partial charge in [-0.25, -0.2) is 0 Å². The average Bonchev–Trinajstić information content (AvgIpc) is 3.82. The zero-order valence-corrected chi connectivity index (χ0v) is 32.3. The Hall–Kier alpha value is -3.03. The van der Waals surface area contributed by atoms with Gasteiger partial charge >= 0.3 is 99.2 Å². The maximum atomic E-state index is 4.93. The molecule has 0 atom stereocenters. The molecular weight excluding hydrogens is 695 g/mol. The first kappa shape index (κ1) is 38.4. The van der Waals surface area contributed by atoms with E-state index in [-0.39, 0.29) is 35.6 Å². The van der Waals surface area contributed by atoms with E-state index in [2.05, 4.69) is 157 Å². The standard InChI is InChI=1S/C21H25.C13H10.C9H7O.2ClH.Zr/c1-20(2,3)16-7-9-18-14(12-16)11-15-13-17(21(4,5)6)8-10-19(15)18;1-3-7-12(8-4-1)11-13-9-5-2-6-10-13;1-2-4-8(3-1)9-5-6-10-7-9;;;/h7-10,12H,11H2,1-6H3;1-10H;1,3,5-7H,2H2;2*1H;/q-1;;-1;;;+2. The summed E-state index contributed by atoms with van der Waals surface area (Å²) < 4.78 is 6.35. The Balaban J connectivity index is 0.000000200. The summed E-state index contributed by atoms with van der Waals surface area (Å²) in [5, 5.41) is 0. The molecule has 2 aliphatic carbocycles. The summed E-state index contributed by atoms with van der Waals surface area (Å²) >= 11 is 1.46. The predicted molar refractivity (Wildman–Crippen MR) is 201 cm³/mol. The third-order valence-corrected chi connectivity index (χ3v) is 9.54. The van der Waals surface area contributed by atoms with Gasteiger partial charge < -0.3 is 4.42 Å². The van der Waals surface area contributed by atoms with Crippen molar-refractivity contribution in [3.63, 3.8) is 0 Å². The van der Waals surface area contributed by atoms with Gasteiger partial charge in [-0.15, -0.1) is 42.0 Å². The molecule has 0 saturated heterocycles. The number of hydrogen-bond acceptors (Lipinski definition) is 1. The maximum absolute atomic E-state index is 4.93. The van der Waals surface area contributed by atoms with Crippen LogP contribution < -0.4 is 0 Å². The molecule has 4 aromatic carbocycles. The fourth-order valence-corrected chi connectivity index (χ4v) is 6.24. The van der Waals surface area contributed by atoms with Crippen molar-refractivity contribution in [2.75, 3.05) is 0 Å². The molecule has 5 aromatic rings. The van der Waals surface area contributed by atoms with Gasteiger partial charge in [0.05, 0.1) is 6.26 Å². The number of furan rings is 1. The van der Waals surface area contributed by atoms with E-state index in [0.29, 0.717) is 0 Å². The Morgan fingerprint density at radius 1 is 0.723 bits per heavy atom. The molecule has 0 unspecified atom stereocenters. The molecule has 240 valence electrons. The van der Waals surface area contributed by atoms with Crippen molar-refractivity contribution in [2.24, 2.45) is 0 Å². The summed E-state index contributed by atoms with van der Waals surface area (Å²) in [6, 6.07) is 38.2. The van der Waals surface area contributed by atoms with Crippen LogP contribution in [0.15, 0.2) is 126 Å². The van der Waals surface area contributed by atoms with Crippen LogP contribution in [-0.2, 0) is 41.5 Å². The van der Waals surface area contributed by atoms with E-state index in [4.69, 9.17) is 4.42 Å². The summed E-state index contributed by atoms with van der Waals surface area (Å²) in [5.74, 6) is 0. The molecule has 7 rings (SSSR count). The van der Waals surface area contributed by atoms with Gasteiger partial charge in [0.1, 0.15) is 0 Å². The average molecular weight is 739 g/mol. The molecule has 0 N–H and O–H groups in total. The van der Waals surface area contributed by atoms with E-state index in [0.717, 1.165) is 24.0 Å². The normalized spacial score (nSPS) is 12.6. The van der Waals surface area contributed by atoms with E-state index < -0.39 is 0 Å². The van der Waals surface area contributed by atoms with Crippen molar-refractivity contribution < 1.29 is 28.7 Å².